The molecule has 0 fully saturated rings. The number of hydrogen-bond acceptors (Lipinski definition) is 2. The summed E-state index contributed by atoms with van der Waals surface area (Å²) in [5.41, 5.74) is 2.38. The van der Waals surface area contributed by atoms with E-state index in [4.69, 9.17) is 11.6 Å². The summed E-state index contributed by atoms with van der Waals surface area (Å²) < 4.78 is 2.24. The summed E-state index contributed by atoms with van der Waals surface area (Å²) in [5.74, 6) is 1.14. The Morgan fingerprint density at radius 2 is 2.29 bits per heavy atom. The van der Waals surface area contributed by atoms with Crippen molar-refractivity contribution < 1.29 is 0 Å². The Morgan fingerprint density at radius 3 is 3.12 bits per heavy atom. The molecule has 0 spiro atoms. The van der Waals surface area contributed by atoms with E-state index < -0.39 is 0 Å². The van der Waals surface area contributed by atoms with Gasteiger partial charge in [0, 0.05) is 33.5 Å². The number of imidazole rings is 1. The van der Waals surface area contributed by atoms with Gasteiger partial charge in [-0.15, -0.1) is 11.8 Å². The first-order chi connectivity index (χ1) is 8.15. The van der Waals surface area contributed by atoms with Crippen LogP contribution in [-0.4, -0.2) is 14.8 Å². The van der Waals surface area contributed by atoms with E-state index >= 15 is 0 Å². The van der Waals surface area contributed by atoms with Gasteiger partial charge in [0.15, 0.2) is 0 Å². The monoisotopic (exact) mass is 264 g/mol. The van der Waals surface area contributed by atoms with Crippen molar-refractivity contribution in [1.82, 2.24) is 9.55 Å². The van der Waals surface area contributed by atoms with E-state index in [1.54, 1.807) is 0 Å². The Bertz CT molecular complexity index is 577. The maximum absolute atomic E-state index is 6.08. The number of fused-ring (bicyclic) bond motifs is 3. The fraction of sp³-hybridized carbons (Fsp3) is 0.308. The van der Waals surface area contributed by atoms with Crippen LogP contribution in [0.3, 0.4) is 0 Å². The van der Waals surface area contributed by atoms with Crippen LogP contribution in [0.15, 0.2) is 29.3 Å². The standard InChI is InChI=1S/C13H13ClN2S/c1-8-7-15-13-5-9(2)17-12-6-10(14)3-4-11(12)16(8)13/h3-4,6-7,9H,5H2,1-2H3. The van der Waals surface area contributed by atoms with Gasteiger partial charge >= 0.3 is 0 Å². The van der Waals surface area contributed by atoms with E-state index in [1.807, 2.05) is 30.1 Å². The first kappa shape index (κ1) is 11.2. The van der Waals surface area contributed by atoms with E-state index in [0.29, 0.717) is 5.25 Å². The van der Waals surface area contributed by atoms with Crippen molar-refractivity contribution in [3.63, 3.8) is 0 Å². The van der Waals surface area contributed by atoms with Crippen LogP contribution < -0.4 is 0 Å². The lowest BCUT2D eigenvalue weighted by molar-refractivity contribution is 0.819. The molecule has 1 aliphatic rings. The Labute approximate surface area is 110 Å². The van der Waals surface area contributed by atoms with Crippen LogP contribution >= 0.6 is 23.4 Å². The van der Waals surface area contributed by atoms with Gasteiger partial charge < -0.3 is 0 Å². The van der Waals surface area contributed by atoms with E-state index in [1.165, 1.54) is 16.3 Å². The van der Waals surface area contributed by atoms with Crippen molar-refractivity contribution >= 4 is 23.4 Å². The smallest absolute Gasteiger partial charge is 0.114 e. The summed E-state index contributed by atoms with van der Waals surface area (Å²) in [6.07, 6.45) is 2.93. The van der Waals surface area contributed by atoms with Crippen LogP contribution in [0.5, 0.6) is 0 Å². The van der Waals surface area contributed by atoms with Crippen molar-refractivity contribution in [1.29, 1.82) is 0 Å². The number of rotatable bonds is 0. The lowest BCUT2D eigenvalue weighted by Gasteiger charge is -2.11. The summed E-state index contributed by atoms with van der Waals surface area (Å²) in [7, 11) is 0. The fourth-order valence-electron chi connectivity index (χ4n) is 2.24. The van der Waals surface area contributed by atoms with Gasteiger partial charge in [0.25, 0.3) is 0 Å². The zero-order chi connectivity index (χ0) is 12.0. The highest BCUT2D eigenvalue weighted by atomic mass is 35.5. The summed E-state index contributed by atoms with van der Waals surface area (Å²) in [6, 6.07) is 6.08. The minimum absolute atomic E-state index is 0.523. The largest absolute Gasteiger partial charge is 0.300 e. The molecule has 0 N–H and O–H groups in total. The highest BCUT2D eigenvalue weighted by Crippen LogP contribution is 2.37. The van der Waals surface area contributed by atoms with E-state index in [9.17, 15) is 0 Å². The number of halogens is 1. The first-order valence-electron chi connectivity index (χ1n) is 5.65. The predicted molar refractivity (Wildman–Crippen MR) is 72.3 cm³/mol. The molecule has 0 bridgehead atoms. The second-order valence-electron chi connectivity index (χ2n) is 4.40. The minimum Gasteiger partial charge on any atom is -0.300 e. The lowest BCUT2D eigenvalue weighted by atomic mass is 10.2. The molecular formula is C13H13ClN2S. The van der Waals surface area contributed by atoms with Crippen molar-refractivity contribution in [3.8, 4) is 5.69 Å². The molecule has 17 heavy (non-hydrogen) atoms. The first-order valence-corrected chi connectivity index (χ1v) is 6.90. The Hall–Kier alpha value is -0.930. The van der Waals surface area contributed by atoms with Crippen molar-refractivity contribution in [2.24, 2.45) is 0 Å². The van der Waals surface area contributed by atoms with Gasteiger partial charge in [-0.05, 0) is 25.1 Å². The van der Waals surface area contributed by atoms with Crippen LogP contribution in [0.2, 0.25) is 5.02 Å². The van der Waals surface area contributed by atoms with Gasteiger partial charge in [-0.25, -0.2) is 4.98 Å². The van der Waals surface area contributed by atoms with Crippen molar-refractivity contribution in [2.75, 3.05) is 0 Å². The van der Waals surface area contributed by atoms with E-state index in [2.05, 4.69) is 29.5 Å². The van der Waals surface area contributed by atoms with Crippen molar-refractivity contribution in [3.05, 3.63) is 40.9 Å². The second-order valence-corrected chi connectivity index (χ2v) is 6.31. The number of aryl methyl sites for hydroxylation is 1. The SMILES string of the molecule is Cc1cnc2n1-c1ccc(Cl)cc1SC(C)C2. The van der Waals surface area contributed by atoms with Crippen LogP contribution in [0.25, 0.3) is 5.69 Å². The molecule has 1 aromatic carbocycles. The summed E-state index contributed by atoms with van der Waals surface area (Å²) in [6.45, 7) is 4.32. The lowest BCUT2D eigenvalue weighted by Crippen LogP contribution is -2.05. The molecular weight excluding hydrogens is 252 g/mol. The number of benzene rings is 1. The van der Waals surface area contributed by atoms with Gasteiger partial charge in [-0.2, -0.15) is 0 Å². The van der Waals surface area contributed by atoms with Crippen LogP contribution in [0, 0.1) is 6.92 Å². The number of thioether (sulfide) groups is 1. The average molecular weight is 265 g/mol. The predicted octanol–water partition coefficient (Wildman–Crippen LogP) is 3.87. The fourth-order valence-corrected chi connectivity index (χ4v) is 3.62. The Balaban J connectivity index is 2.28. The maximum Gasteiger partial charge on any atom is 0.114 e. The van der Waals surface area contributed by atoms with Gasteiger partial charge in [0.1, 0.15) is 5.82 Å². The maximum atomic E-state index is 6.08. The zero-order valence-corrected chi connectivity index (χ0v) is 11.3. The highest BCUT2D eigenvalue weighted by molar-refractivity contribution is 8.00. The zero-order valence-electron chi connectivity index (χ0n) is 9.77. The molecule has 1 aromatic heterocycles. The molecule has 0 radical (unpaired) electrons. The molecule has 1 atom stereocenters. The molecule has 2 nitrogen and oxygen atoms in total. The molecule has 88 valence electrons. The van der Waals surface area contributed by atoms with Crippen LogP contribution in [-0.2, 0) is 6.42 Å². The number of nitrogens with zero attached hydrogens (tertiary/aromatic N) is 2. The van der Waals surface area contributed by atoms with Gasteiger partial charge in [0.2, 0.25) is 0 Å². The number of aromatic nitrogens is 2. The third-order valence-corrected chi connectivity index (χ3v) is 4.36. The molecule has 2 aromatic rings. The van der Waals surface area contributed by atoms with Crippen molar-refractivity contribution in [2.45, 2.75) is 30.4 Å². The third-order valence-electron chi connectivity index (χ3n) is 2.97. The Morgan fingerprint density at radius 1 is 1.47 bits per heavy atom. The molecule has 0 aliphatic carbocycles. The van der Waals surface area contributed by atoms with E-state index in [-0.39, 0.29) is 0 Å². The molecule has 0 amide bonds. The van der Waals surface area contributed by atoms with Gasteiger partial charge in [0.05, 0.1) is 5.69 Å². The average Bonchev–Trinajstić information content (AvgIpc) is 2.55. The normalized spacial score (nSPS) is 18.4. The molecule has 4 heteroatoms. The molecule has 3 rings (SSSR count). The molecule has 0 saturated carbocycles. The van der Waals surface area contributed by atoms with Crippen LogP contribution in [0.1, 0.15) is 18.4 Å². The summed E-state index contributed by atoms with van der Waals surface area (Å²) >= 11 is 7.95. The summed E-state index contributed by atoms with van der Waals surface area (Å²) in [5, 5.41) is 1.32. The minimum atomic E-state index is 0.523. The Kier molecular flexibility index (Phi) is 2.68. The molecule has 2 heterocycles. The number of hydrogen-bond donors (Lipinski definition) is 0. The highest BCUT2D eigenvalue weighted by Gasteiger charge is 2.21. The summed E-state index contributed by atoms with van der Waals surface area (Å²) in [4.78, 5) is 5.75. The topological polar surface area (TPSA) is 17.8 Å². The van der Waals surface area contributed by atoms with Crippen LogP contribution in [0.4, 0.5) is 0 Å². The molecule has 1 aliphatic heterocycles. The quantitative estimate of drug-likeness (QED) is 0.719. The molecule has 0 saturated heterocycles. The van der Waals surface area contributed by atoms with Gasteiger partial charge in [-0.3, -0.25) is 4.57 Å². The molecule has 1 unspecified atom stereocenters. The van der Waals surface area contributed by atoms with E-state index in [0.717, 1.165) is 17.3 Å². The second kappa shape index (κ2) is 4.07. The van der Waals surface area contributed by atoms with Gasteiger partial charge in [-0.1, -0.05) is 18.5 Å². The third kappa shape index (κ3) is 1.87.